The summed E-state index contributed by atoms with van der Waals surface area (Å²) < 4.78 is 5.90. The Kier molecular flexibility index (Phi) is 7.40. The summed E-state index contributed by atoms with van der Waals surface area (Å²) in [6, 6.07) is 0. The molecular formula is C21H40N4O2. The molecule has 3 rings (SSSR count). The van der Waals surface area contributed by atoms with Gasteiger partial charge in [-0.05, 0) is 57.8 Å². The van der Waals surface area contributed by atoms with Crippen molar-refractivity contribution in [3.05, 3.63) is 0 Å². The van der Waals surface area contributed by atoms with Crippen LogP contribution in [0.4, 0.5) is 4.79 Å². The van der Waals surface area contributed by atoms with Crippen molar-refractivity contribution < 1.29 is 9.53 Å². The number of hydrogen-bond donors (Lipinski definition) is 1. The van der Waals surface area contributed by atoms with Crippen LogP contribution in [0.1, 0.15) is 46.0 Å². The Morgan fingerprint density at radius 2 is 2.11 bits per heavy atom. The number of carbonyl (C=O) groups excluding carboxylic acids is 1. The topological polar surface area (TPSA) is 48.0 Å². The average molecular weight is 381 g/mol. The summed E-state index contributed by atoms with van der Waals surface area (Å²) in [6.45, 7) is 13.9. The van der Waals surface area contributed by atoms with Gasteiger partial charge in [0, 0.05) is 45.6 Å². The first kappa shape index (κ1) is 20.9. The Morgan fingerprint density at radius 1 is 1.33 bits per heavy atom. The summed E-state index contributed by atoms with van der Waals surface area (Å²) in [5.74, 6) is 1.47. The molecule has 0 radical (unpaired) electrons. The molecule has 1 unspecified atom stereocenters. The second kappa shape index (κ2) is 9.57. The molecule has 1 atom stereocenters. The van der Waals surface area contributed by atoms with Gasteiger partial charge in [0.2, 0.25) is 0 Å². The first-order chi connectivity index (χ1) is 13.0. The maximum absolute atomic E-state index is 12.4. The van der Waals surface area contributed by atoms with Crippen molar-refractivity contribution in [2.75, 3.05) is 66.0 Å². The van der Waals surface area contributed by atoms with E-state index in [-0.39, 0.29) is 11.7 Å². The van der Waals surface area contributed by atoms with Crippen molar-refractivity contribution in [3.8, 4) is 0 Å². The third kappa shape index (κ3) is 6.06. The molecule has 27 heavy (non-hydrogen) atoms. The van der Waals surface area contributed by atoms with Gasteiger partial charge in [-0.15, -0.1) is 0 Å². The van der Waals surface area contributed by atoms with E-state index in [0.717, 1.165) is 71.0 Å². The average Bonchev–Trinajstić information content (AvgIpc) is 2.93. The lowest BCUT2D eigenvalue weighted by molar-refractivity contribution is -0.00339. The Labute approximate surface area is 165 Å². The second-order valence-electron chi connectivity index (χ2n) is 9.50. The molecule has 0 aliphatic carbocycles. The molecule has 3 aliphatic heterocycles. The molecular weight excluding hydrogens is 340 g/mol. The molecule has 3 saturated heterocycles. The van der Waals surface area contributed by atoms with Crippen molar-refractivity contribution in [2.45, 2.75) is 51.6 Å². The van der Waals surface area contributed by atoms with Crippen LogP contribution in [0.2, 0.25) is 0 Å². The first-order valence-electron chi connectivity index (χ1n) is 11.1. The lowest BCUT2D eigenvalue weighted by Gasteiger charge is -2.39. The molecule has 1 spiro atoms. The standard InChI is InChI=1S/C21H40N4O2/c1-18(2)15-23(3)10-5-11-25-17-21(27-20(25)26)7-12-24(13-8-21)16-19-6-4-9-22-14-19/h18-19,22H,4-17H2,1-3H3. The maximum atomic E-state index is 12.4. The summed E-state index contributed by atoms with van der Waals surface area (Å²) in [5, 5.41) is 3.52. The monoisotopic (exact) mass is 380 g/mol. The molecule has 1 amide bonds. The molecule has 3 aliphatic rings. The number of likely N-dealkylation sites (tertiary alicyclic amines) is 1. The Hall–Kier alpha value is -0.850. The van der Waals surface area contributed by atoms with E-state index in [1.807, 2.05) is 4.90 Å². The van der Waals surface area contributed by atoms with Crippen molar-refractivity contribution in [3.63, 3.8) is 0 Å². The molecule has 156 valence electrons. The number of nitrogens with zero attached hydrogens (tertiary/aromatic N) is 3. The van der Waals surface area contributed by atoms with Gasteiger partial charge in [0.05, 0.1) is 6.54 Å². The van der Waals surface area contributed by atoms with Gasteiger partial charge in [-0.2, -0.15) is 0 Å². The van der Waals surface area contributed by atoms with Crippen LogP contribution < -0.4 is 5.32 Å². The van der Waals surface area contributed by atoms with Gasteiger partial charge in [0.25, 0.3) is 0 Å². The zero-order chi connectivity index (χ0) is 19.3. The molecule has 0 bridgehead atoms. The van der Waals surface area contributed by atoms with Crippen LogP contribution in [-0.2, 0) is 4.74 Å². The fraction of sp³-hybridized carbons (Fsp3) is 0.952. The minimum atomic E-state index is -0.220. The van der Waals surface area contributed by atoms with E-state index in [4.69, 9.17) is 4.74 Å². The van der Waals surface area contributed by atoms with Crippen LogP contribution in [0.5, 0.6) is 0 Å². The third-order valence-corrected chi connectivity index (χ3v) is 6.37. The van der Waals surface area contributed by atoms with Crippen LogP contribution in [-0.4, -0.2) is 92.3 Å². The van der Waals surface area contributed by atoms with Gasteiger partial charge in [0.15, 0.2) is 0 Å². The lowest BCUT2D eigenvalue weighted by Crippen LogP contribution is -2.49. The van der Waals surface area contributed by atoms with Crippen LogP contribution >= 0.6 is 0 Å². The highest BCUT2D eigenvalue weighted by Crippen LogP contribution is 2.33. The molecule has 3 heterocycles. The number of nitrogens with one attached hydrogen (secondary N) is 1. The molecule has 0 saturated carbocycles. The summed E-state index contributed by atoms with van der Waals surface area (Å²) in [6.07, 6.45) is 5.57. The number of hydrogen-bond acceptors (Lipinski definition) is 5. The quantitative estimate of drug-likeness (QED) is 0.700. The largest absolute Gasteiger partial charge is 0.441 e. The number of rotatable bonds is 8. The minimum Gasteiger partial charge on any atom is -0.441 e. The van der Waals surface area contributed by atoms with Crippen molar-refractivity contribution >= 4 is 6.09 Å². The molecule has 6 heteroatoms. The predicted octanol–water partition coefficient (Wildman–Crippen LogP) is 2.25. The number of amides is 1. The Balaban J connectivity index is 1.38. The summed E-state index contributed by atoms with van der Waals surface area (Å²) >= 11 is 0. The highest BCUT2D eigenvalue weighted by atomic mass is 16.6. The zero-order valence-corrected chi connectivity index (χ0v) is 17.7. The fourth-order valence-corrected chi connectivity index (χ4v) is 4.96. The summed E-state index contributed by atoms with van der Waals surface area (Å²) in [4.78, 5) is 19.3. The van der Waals surface area contributed by atoms with E-state index < -0.39 is 0 Å². The van der Waals surface area contributed by atoms with Crippen LogP contribution in [0, 0.1) is 11.8 Å². The Bertz CT molecular complexity index is 471. The van der Waals surface area contributed by atoms with E-state index in [1.54, 1.807) is 0 Å². The highest BCUT2D eigenvalue weighted by molar-refractivity contribution is 5.70. The van der Waals surface area contributed by atoms with Gasteiger partial charge in [-0.25, -0.2) is 4.79 Å². The van der Waals surface area contributed by atoms with Crippen LogP contribution in [0.3, 0.4) is 0 Å². The van der Waals surface area contributed by atoms with E-state index in [1.165, 1.54) is 25.9 Å². The summed E-state index contributed by atoms with van der Waals surface area (Å²) in [7, 11) is 2.17. The molecule has 6 nitrogen and oxygen atoms in total. The second-order valence-corrected chi connectivity index (χ2v) is 9.50. The number of carbonyl (C=O) groups is 1. The number of piperidine rings is 2. The highest BCUT2D eigenvalue weighted by Gasteiger charge is 2.46. The van der Waals surface area contributed by atoms with Gasteiger partial charge < -0.3 is 24.8 Å². The van der Waals surface area contributed by atoms with E-state index >= 15 is 0 Å². The molecule has 0 aromatic carbocycles. The van der Waals surface area contributed by atoms with E-state index in [0.29, 0.717) is 5.92 Å². The van der Waals surface area contributed by atoms with Crippen molar-refractivity contribution in [2.24, 2.45) is 11.8 Å². The van der Waals surface area contributed by atoms with Gasteiger partial charge in [-0.3, -0.25) is 0 Å². The number of ether oxygens (including phenoxy) is 1. The SMILES string of the molecule is CC(C)CN(C)CCCN1CC2(CCN(CC3CCCNC3)CC2)OC1=O. The van der Waals surface area contributed by atoms with E-state index in [9.17, 15) is 4.79 Å². The Morgan fingerprint density at radius 3 is 2.78 bits per heavy atom. The van der Waals surface area contributed by atoms with Crippen LogP contribution in [0.25, 0.3) is 0 Å². The smallest absolute Gasteiger partial charge is 0.410 e. The third-order valence-electron chi connectivity index (χ3n) is 6.37. The normalized spacial score (nSPS) is 26.3. The molecule has 0 aromatic rings. The first-order valence-corrected chi connectivity index (χ1v) is 11.1. The lowest BCUT2D eigenvalue weighted by atomic mass is 9.90. The minimum absolute atomic E-state index is 0.0913. The van der Waals surface area contributed by atoms with Crippen LogP contribution in [0.15, 0.2) is 0 Å². The summed E-state index contributed by atoms with van der Waals surface area (Å²) in [5.41, 5.74) is -0.220. The van der Waals surface area contributed by atoms with Crippen molar-refractivity contribution in [1.82, 2.24) is 20.0 Å². The maximum Gasteiger partial charge on any atom is 0.410 e. The molecule has 0 aromatic heterocycles. The van der Waals surface area contributed by atoms with Crippen molar-refractivity contribution in [1.29, 1.82) is 0 Å². The zero-order valence-electron chi connectivity index (χ0n) is 17.7. The molecule has 3 fully saturated rings. The molecule has 1 N–H and O–H groups in total. The van der Waals surface area contributed by atoms with Gasteiger partial charge >= 0.3 is 6.09 Å². The van der Waals surface area contributed by atoms with Gasteiger partial charge in [-0.1, -0.05) is 13.8 Å². The van der Waals surface area contributed by atoms with E-state index in [2.05, 4.69) is 36.0 Å². The predicted molar refractivity (Wildman–Crippen MR) is 109 cm³/mol. The fourth-order valence-electron chi connectivity index (χ4n) is 4.96. The van der Waals surface area contributed by atoms with Gasteiger partial charge in [0.1, 0.15) is 5.60 Å².